The fourth-order valence-corrected chi connectivity index (χ4v) is 6.31. The number of nitrogens with one attached hydrogen (secondary N) is 2. The molecule has 5 rings (SSSR count). The van der Waals surface area contributed by atoms with Gasteiger partial charge in [-0.1, -0.05) is 42.3 Å². The number of fused-ring (bicyclic) bond motifs is 1. The number of rotatable bonds is 6. The summed E-state index contributed by atoms with van der Waals surface area (Å²) in [5, 5.41) is 16.3. The van der Waals surface area contributed by atoms with Crippen LogP contribution < -0.4 is 10.9 Å². The molecular weight excluding hydrogens is 470 g/mol. The second-order valence-electron chi connectivity index (χ2n) is 8.65. The van der Waals surface area contributed by atoms with Crippen LogP contribution in [0.2, 0.25) is 0 Å². The van der Waals surface area contributed by atoms with Crippen molar-refractivity contribution in [1.29, 1.82) is 0 Å². The molecule has 9 nitrogen and oxygen atoms in total. The summed E-state index contributed by atoms with van der Waals surface area (Å²) in [5.41, 5.74) is 3.27. The van der Waals surface area contributed by atoms with Crippen molar-refractivity contribution in [3.8, 4) is 0 Å². The molecule has 0 unspecified atom stereocenters. The van der Waals surface area contributed by atoms with Gasteiger partial charge in [-0.05, 0) is 61.2 Å². The second kappa shape index (κ2) is 9.30. The Morgan fingerprint density at radius 1 is 1.26 bits per heavy atom. The first-order valence-electron chi connectivity index (χ1n) is 11.2. The van der Waals surface area contributed by atoms with E-state index in [-0.39, 0.29) is 11.5 Å². The van der Waals surface area contributed by atoms with Crippen LogP contribution in [0.25, 0.3) is 10.2 Å². The topological polar surface area (TPSA) is 118 Å². The average Bonchev–Trinajstić information content (AvgIpc) is 3.54. The van der Waals surface area contributed by atoms with E-state index in [0.717, 1.165) is 34.8 Å². The number of benzene rings is 1. The van der Waals surface area contributed by atoms with Crippen LogP contribution in [0.15, 0.2) is 28.2 Å². The number of H-pyrrole nitrogens is 1. The van der Waals surface area contributed by atoms with Crippen LogP contribution in [0.1, 0.15) is 63.9 Å². The summed E-state index contributed by atoms with van der Waals surface area (Å²) in [7, 11) is 0. The molecule has 3 aromatic heterocycles. The number of carbonyl (C=O) groups excluding carboxylic acids is 1. The highest BCUT2D eigenvalue weighted by Crippen LogP contribution is 2.33. The number of hydrogen-bond donors (Lipinski definition) is 2. The van der Waals surface area contributed by atoms with E-state index in [0.29, 0.717) is 38.3 Å². The summed E-state index contributed by atoms with van der Waals surface area (Å²) in [6.07, 6.45) is 4.55. The van der Waals surface area contributed by atoms with E-state index >= 15 is 0 Å². The van der Waals surface area contributed by atoms with Crippen molar-refractivity contribution in [3.05, 3.63) is 55.9 Å². The number of aryl methyl sites for hydroxylation is 3. The standard InChI is InChI=1S/C23H25N7O2S2/c1-12-8-9-16(13(2)10-12)24-21(32)19-14(3)18-20(31)25-17(26-22(18)34-19)11-33-23-27-28-29-30(23)15-6-4-5-7-15/h8-10,15H,4-7,11H2,1-3H3,(H,24,32)(H,25,26,31). The van der Waals surface area contributed by atoms with Crippen LogP contribution in [-0.2, 0) is 5.75 Å². The minimum Gasteiger partial charge on any atom is -0.321 e. The predicted octanol–water partition coefficient (Wildman–Crippen LogP) is 4.56. The van der Waals surface area contributed by atoms with Crippen LogP contribution in [0, 0.1) is 20.8 Å². The first kappa shape index (κ1) is 22.7. The lowest BCUT2D eigenvalue weighted by Crippen LogP contribution is -2.14. The third-order valence-electron chi connectivity index (χ3n) is 6.16. The lowest BCUT2D eigenvalue weighted by molar-refractivity contribution is 0.103. The molecule has 0 bridgehead atoms. The molecule has 0 aliphatic heterocycles. The van der Waals surface area contributed by atoms with E-state index in [4.69, 9.17) is 0 Å². The van der Waals surface area contributed by atoms with Crippen LogP contribution in [0.3, 0.4) is 0 Å². The Morgan fingerprint density at radius 2 is 2.06 bits per heavy atom. The molecule has 2 N–H and O–H groups in total. The van der Waals surface area contributed by atoms with Crippen LogP contribution in [0.5, 0.6) is 0 Å². The normalized spacial score (nSPS) is 14.2. The maximum Gasteiger partial charge on any atom is 0.266 e. The van der Waals surface area contributed by atoms with Gasteiger partial charge in [-0.3, -0.25) is 9.59 Å². The molecule has 176 valence electrons. The molecule has 1 aliphatic rings. The number of thioether (sulfide) groups is 1. The van der Waals surface area contributed by atoms with Gasteiger partial charge in [0.25, 0.3) is 11.5 Å². The fourth-order valence-electron chi connectivity index (χ4n) is 4.40. The molecule has 34 heavy (non-hydrogen) atoms. The number of aromatic nitrogens is 6. The zero-order valence-corrected chi connectivity index (χ0v) is 20.8. The summed E-state index contributed by atoms with van der Waals surface area (Å²) in [5.74, 6) is 0.726. The maximum atomic E-state index is 13.0. The van der Waals surface area contributed by atoms with Crippen molar-refractivity contribution in [1.82, 2.24) is 30.2 Å². The summed E-state index contributed by atoms with van der Waals surface area (Å²) >= 11 is 2.69. The minimum atomic E-state index is -0.240. The fraction of sp³-hybridized carbons (Fsp3) is 0.391. The van der Waals surface area contributed by atoms with Crippen molar-refractivity contribution < 1.29 is 4.79 Å². The minimum absolute atomic E-state index is 0.237. The molecule has 1 saturated carbocycles. The van der Waals surface area contributed by atoms with Crippen LogP contribution in [-0.4, -0.2) is 36.1 Å². The number of anilines is 1. The Hall–Kier alpha value is -3.05. The average molecular weight is 496 g/mol. The number of thiophene rings is 1. The zero-order valence-electron chi connectivity index (χ0n) is 19.2. The monoisotopic (exact) mass is 495 g/mol. The smallest absolute Gasteiger partial charge is 0.266 e. The van der Waals surface area contributed by atoms with Crippen molar-refractivity contribution in [2.45, 2.75) is 63.4 Å². The second-order valence-corrected chi connectivity index (χ2v) is 10.6. The summed E-state index contributed by atoms with van der Waals surface area (Å²) in [6.45, 7) is 5.76. The molecule has 1 fully saturated rings. The lowest BCUT2D eigenvalue weighted by atomic mass is 10.1. The van der Waals surface area contributed by atoms with E-state index in [1.165, 1.54) is 35.9 Å². The third kappa shape index (κ3) is 4.37. The van der Waals surface area contributed by atoms with Gasteiger partial charge in [-0.25, -0.2) is 9.67 Å². The molecule has 1 aliphatic carbocycles. The van der Waals surface area contributed by atoms with Gasteiger partial charge >= 0.3 is 0 Å². The maximum absolute atomic E-state index is 13.0. The summed E-state index contributed by atoms with van der Waals surface area (Å²) in [4.78, 5) is 34.4. The molecule has 0 saturated heterocycles. The number of aromatic amines is 1. The summed E-state index contributed by atoms with van der Waals surface area (Å²) in [6, 6.07) is 6.21. The molecular formula is C23H25N7O2S2. The SMILES string of the molecule is Cc1ccc(NC(=O)c2sc3nc(CSc4nnnn4C4CCCC4)[nH]c(=O)c3c2C)c(C)c1. The van der Waals surface area contributed by atoms with Gasteiger partial charge in [0, 0.05) is 5.69 Å². The number of hydrogen-bond acceptors (Lipinski definition) is 8. The van der Waals surface area contributed by atoms with Gasteiger partial charge in [0.1, 0.15) is 10.7 Å². The van der Waals surface area contributed by atoms with Crippen LogP contribution >= 0.6 is 23.1 Å². The Bertz CT molecular complexity index is 1430. The number of tetrazole rings is 1. The highest BCUT2D eigenvalue weighted by atomic mass is 32.2. The first-order valence-corrected chi connectivity index (χ1v) is 13.0. The third-order valence-corrected chi connectivity index (χ3v) is 8.29. The molecule has 3 heterocycles. The highest BCUT2D eigenvalue weighted by molar-refractivity contribution is 7.98. The number of amides is 1. The Balaban J connectivity index is 1.37. The van der Waals surface area contributed by atoms with E-state index in [1.54, 1.807) is 6.92 Å². The Morgan fingerprint density at radius 3 is 2.82 bits per heavy atom. The van der Waals surface area contributed by atoms with Gasteiger partial charge in [0.2, 0.25) is 5.16 Å². The van der Waals surface area contributed by atoms with Crippen molar-refractivity contribution in [2.24, 2.45) is 0 Å². The van der Waals surface area contributed by atoms with Crippen molar-refractivity contribution >= 4 is 44.9 Å². The molecule has 11 heteroatoms. The lowest BCUT2D eigenvalue weighted by Gasteiger charge is -2.10. The van der Waals surface area contributed by atoms with Gasteiger partial charge in [-0.15, -0.1) is 16.4 Å². The zero-order chi connectivity index (χ0) is 23.8. The van der Waals surface area contributed by atoms with Gasteiger partial charge < -0.3 is 10.3 Å². The summed E-state index contributed by atoms with van der Waals surface area (Å²) < 4.78 is 1.89. The van der Waals surface area contributed by atoms with Crippen LogP contribution in [0.4, 0.5) is 5.69 Å². The van der Waals surface area contributed by atoms with E-state index in [1.807, 2.05) is 36.7 Å². The first-order chi connectivity index (χ1) is 16.4. The van der Waals surface area contributed by atoms with Gasteiger partial charge in [0.05, 0.1) is 22.1 Å². The molecule has 1 aromatic carbocycles. The number of carbonyl (C=O) groups is 1. The highest BCUT2D eigenvalue weighted by Gasteiger charge is 2.23. The molecule has 0 radical (unpaired) electrons. The van der Waals surface area contributed by atoms with Gasteiger partial charge in [-0.2, -0.15) is 0 Å². The van der Waals surface area contributed by atoms with Gasteiger partial charge in [0.15, 0.2) is 0 Å². The Labute approximate surface area is 204 Å². The predicted molar refractivity (Wildman–Crippen MR) is 134 cm³/mol. The van der Waals surface area contributed by atoms with Crippen molar-refractivity contribution in [3.63, 3.8) is 0 Å². The molecule has 4 aromatic rings. The van der Waals surface area contributed by atoms with E-state index in [9.17, 15) is 9.59 Å². The molecule has 1 amide bonds. The van der Waals surface area contributed by atoms with E-state index < -0.39 is 0 Å². The molecule has 0 spiro atoms. The quantitative estimate of drug-likeness (QED) is 0.377. The molecule has 0 atom stereocenters. The van der Waals surface area contributed by atoms with E-state index in [2.05, 4.69) is 30.8 Å². The largest absolute Gasteiger partial charge is 0.321 e. The van der Waals surface area contributed by atoms with Crippen molar-refractivity contribution in [2.75, 3.05) is 5.32 Å². The Kier molecular flexibility index (Phi) is 6.22. The number of nitrogens with zero attached hydrogens (tertiary/aromatic N) is 5.